The van der Waals surface area contributed by atoms with Gasteiger partial charge in [-0.1, -0.05) is 6.92 Å². The molecule has 0 saturated carbocycles. The molecule has 5 nitrogen and oxygen atoms in total. The number of urea groups is 1. The minimum Gasteiger partial charge on any atom is -0.378 e. The Morgan fingerprint density at radius 3 is 2.59 bits per heavy atom. The van der Waals surface area contributed by atoms with E-state index < -0.39 is 0 Å². The van der Waals surface area contributed by atoms with E-state index in [1.54, 1.807) is 7.11 Å². The first kappa shape index (κ1) is 14.3. The largest absolute Gasteiger partial charge is 0.378 e. The van der Waals surface area contributed by atoms with Crippen LogP contribution in [0.5, 0.6) is 0 Å². The summed E-state index contributed by atoms with van der Waals surface area (Å²) < 4.78 is 5.25. The van der Waals surface area contributed by atoms with Crippen LogP contribution in [-0.2, 0) is 4.74 Å². The fourth-order valence-corrected chi connectivity index (χ4v) is 1.99. The molecular formula is C12H25N3O2. The smallest absolute Gasteiger partial charge is 0.317 e. The van der Waals surface area contributed by atoms with Gasteiger partial charge in [0.1, 0.15) is 0 Å². The summed E-state index contributed by atoms with van der Waals surface area (Å²) in [4.78, 5) is 13.8. The van der Waals surface area contributed by atoms with Crippen molar-refractivity contribution in [3.05, 3.63) is 0 Å². The Kier molecular flexibility index (Phi) is 6.29. The third kappa shape index (κ3) is 4.91. The van der Waals surface area contributed by atoms with Crippen molar-refractivity contribution in [1.29, 1.82) is 0 Å². The molecular weight excluding hydrogens is 218 g/mol. The maximum Gasteiger partial charge on any atom is 0.317 e. The zero-order chi connectivity index (χ0) is 12.7. The molecule has 2 amide bonds. The number of hydrogen-bond donors (Lipinski definition) is 2. The molecule has 0 aromatic carbocycles. The van der Waals surface area contributed by atoms with Crippen LogP contribution >= 0.6 is 0 Å². The van der Waals surface area contributed by atoms with E-state index >= 15 is 0 Å². The summed E-state index contributed by atoms with van der Waals surface area (Å²) >= 11 is 0. The molecule has 2 N–H and O–H groups in total. The number of likely N-dealkylation sites (tertiary alicyclic amines) is 1. The number of amides is 2. The third-order valence-corrected chi connectivity index (χ3v) is 3.32. The van der Waals surface area contributed by atoms with E-state index in [4.69, 9.17) is 4.74 Å². The quantitative estimate of drug-likeness (QED) is 0.746. The number of ether oxygens (including phenoxy) is 1. The van der Waals surface area contributed by atoms with Gasteiger partial charge in [-0.2, -0.15) is 0 Å². The lowest BCUT2D eigenvalue weighted by atomic mass is 10.00. The number of carbonyl (C=O) groups is 1. The van der Waals surface area contributed by atoms with Gasteiger partial charge < -0.3 is 20.3 Å². The molecule has 0 aromatic rings. The molecule has 0 aliphatic carbocycles. The van der Waals surface area contributed by atoms with Crippen LogP contribution in [0.2, 0.25) is 0 Å². The Bertz CT molecular complexity index is 228. The number of hydrogen-bond acceptors (Lipinski definition) is 3. The molecule has 1 saturated heterocycles. The Hall–Kier alpha value is -0.810. The molecule has 0 spiro atoms. The number of nitrogens with one attached hydrogen (secondary N) is 2. The molecule has 1 fully saturated rings. The molecule has 17 heavy (non-hydrogen) atoms. The van der Waals surface area contributed by atoms with Gasteiger partial charge in [-0.15, -0.1) is 0 Å². The first-order chi connectivity index (χ1) is 8.17. The van der Waals surface area contributed by atoms with Crippen LogP contribution in [0.3, 0.4) is 0 Å². The average Bonchev–Trinajstić information content (AvgIpc) is 2.35. The summed E-state index contributed by atoms with van der Waals surface area (Å²) in [6.45, 7) is 5.28. The van der Waals surface area contributed by atoms with Gasteiger partial charge in [0.2, 0.25) is 0 Å². The highest BCUT2D eigenvalue weighted by atomic mass is 16.5. The maximum atomic E-state index is 11.9. The van der Waals surface area contributed by atoms with E-state index in [0.717, 1.165) is 38.4 Å². The number of nitrogens with zero attached hydrogens (tertiary/aromatic N) is 1. The van der Waals surface area contributed by atoms with Crippen molar-refractivity contribution >= 4 is 6.03 Å². The maximum absolute atomic E-state index is 11.9. The van der Waals surface area contributed by atoms with E-state index in [2.05, 4.69) is 17.6 Å². The average molecular weight is 243 g/mol. The topological polar surface area (TPSA) is 53.6 Å². The summed E-state index contributed by atoms with van der Waals surface area (Å²) in [6.07, 6.45) is 2.25. The normalized spacial score (nSPS) is 19.1. The number of carbonyl (C=O) groups excluding carboxylic acids is 1. The van der Waals surface area contributed by atoms with E-state index in [1.807, 2.05) is 11.9 Å². The van der Waals surface area contributed by atoms with Crippen LogP contribution in [0.1, 0.15) is 19.8 Å². The van der Waals surface area contributed by atoms with Crippen LogP contribution in [-0.4, -0.2) is 57.4 Å². The van der Waals surface area contributed by atoms with Gasteiger partial charge in [-0.05, 0) is 25.8 Å². The summed E-state index contributed by atoms with van der Waals surface area (Å²) in [7, 11) is 3.54. The summed E-state index contributed by atoms with van der Waals surface area (Å²) in [5, 5.41) is 5.96. The lowest BCUT2D eigenvalue weighted by Gasteiger charge is -2.30. The Balaban J connectivity index is 2.24. The Morgan fingerprint density at radius 1 is 1.41 bits per heavy atom. The zero-order valence-electron chi connectivity index (χ0n) is 11.2. The molecule has 0 radical (unpaired) electrons. The first-order valence-corrected chi connectivity index (χ1v) is 6.37. The summed E-state index contributed by atoms with van der Waals surface area (Å²) in [5.41, 5.74) is 0. The Labute approximate surface area is 104 Å². The SMILES string of the molecule is CNCC(CNC(=O)N1CCC(C)CC1)OC. The molecule has 1 unspecified atom stereocenters. The first-order valence-electron chi connectivity index (χ1n) is 6.37. The van der Waals surface area contributed by atoms with Gasteiger partial charge in [-0.3, -0.25) is 0 Å². The second kappa shape index (κ2) is 7.50. The summed E-state index contributed by atoms with van der Waals surface area (Å²) in [6, 6.07) is 0.0371. The van der Waals surface area contributed by atoms with Crippen molar-refractivity contribution in [2.24, 2.45) is 5.92 Å². The number of piperidine rings is 1. The van der Waals surface area contributed by atoms with Crippen LogP contribution < -0.4 is 10.6 Å². The molecule has 1 rings (SSSR count). The number of likely N-dealkylation sites (N-methyl/N-ethyl adjacent to an activating group) is 1. The van der Waals surface area contributed by atoms with Gasteiger partial charge >= 0.3 is 6.03 Å². The lowest BCUT2D eigenvalue weighted by Crippen LogP contribution is -2.47. The van der Waals surface area contributed by atoms with Crippen LogP contribution in [0.15, 0.2) is 0 Å². The highest BCUT2D eigenvalue weighted by molar-refractivity contribution is 5.74. The van der Waals surface area contributed by atoms with Crippen LogP contribution in [0.25, 0.3) is 0 Å². The van der Waals surface area contributed by atoms with Crippen molar-refractivity contribution in [3.8, 4) is 0 Å². The highest BCUT2D eigenvalue weighted by Gasteiger charge is 2.20. The van der Waals surface area contributed by atoms with Gasteiger partial charge in [0.25, 0.3) is 0 Å². The van der Waals surface area contributed by atoms with Crippen molar-refractivity contribution in [3.63, 3.8) is 0 Å². The minimum atomic E-state index is 0.0349. The van der Waals surface area contributed by atoms with Gasteiger partial charge in [0.15, 0.2) is 0 Å². The van der Waals surface area contributed by atoms with Crippen molar-refractivity contribution in [2.75, 3.05) is 40.3 Å². The minimum absolute atomic E-state index is 0.0349. The molecule has 1 heterocycles. The van der Waals surface area contributed by atoms with E-state index in [9.17, 15) is 4.79 Å². The Morgan fingerprint density at radius 2 is 2.06 bits per heavy atom. The predicted molar refractivity (Wildman–Crippen MR) is 68.1 cm³/mol. The van der Waals surface area contributed by atoms with Crippen LogP contribution in [0, 0.1) is 5.92 Å². The van der Waals surface area contributed by atoms with Crippen molar-refractivity contribution in [2.45, 2.75) is 25.9 Å². The molecule has 1 atom stereocenters. The second-order valence-corrected chi connectivity index (χ2v) is 4.77. The summed E-state index contributed by atoms with van der Waals surface area (Å²) in [5.74, 6) is 0.745. The van der Waals surface area contributed by atoms with E-state index in [-0.39, 0.29) is 12.1 Å². The van der Waals surface area contributed by atoms with Crippen molar-refractivity contribution < 1.29 is 9.53 Å². The molecule has 100 valence electrons. The van der Waals surface area contributed by atoms with Gasteiger partial charge in [0, 0.05) is 33.3 Å². The lowest BCUT2D eigenvalue weighted by molar-refractivity contribution is 0.100. The molecule has 1 aliphatic rings. The fraction of sp³-hybridized carbons (Fsp3) is 0.917. The predicted octanol–water partition coefficient (Wildman–Crippen LogP) is 0.662. The van der Waals surface area contributed by atoms with Gasteiger partial charge in [0.05, 0.1) is 6.10 Å². The third-order valence-electron chi connectivity index (χ3n) is 3.32. The fourth-order valence-electron chi connectivity index (χ4n) is 1.99. The second-order valence-electron chi connectivity index (χ2n) is 4.77. The molecule has 0 bridgehead atoms. The number of methoxy groups -OCH3 is 1. The molecule has 5 heteroatoms. The van der Waals surface area contributed by atoms with E-state index in [1.165, 1.54) is 0 Å². The van der Waals surface area contributed by atoms with Gasteiger partial charge in [-0.25, -0.2) is 4.79 Å². The number of rotatable bonds is 5. The standard InChI is InChI=1S/C12H25N3O2/c1-10-4-6-15(7-5-10)12(16)14-9-11(17-3)8-13-2/h10-11,13H,4-9H2,1-3H3,(H,14,16). The van der Waals surface area contributed by atoms with Crippen molar-refractivity contribution in [1.82, 2.24) is 15.5 Å². The zero-order valence-corrected chi connectivity index (χ0v) is 11.2. The molecule has 1 aliphatic heterocycles. The van der Waals surface area contributed by atoms with Crippen LogP contribution in [0.4, 0.5) is 4.79 Å². The molecule has 0 aromatic heterocycles. The monoisotopic (exact) mass is 243 g/mol. The highest BCUT2D eigenvalue weighted by Crippen LogP contribution is 2.15. The van der Waals surface area contributed by atoms with E-state index in [0.29, 0.717) is 6.54 Å².